The van der Waals surface area contributed by atoms with Crippen molar-refractivity contribution >= 4 is 5.91 Å². The lowest BCUT2D eigenvalue weighted by molar-refractivity contribution is 0.0682. The fraction of sp³-hybridized carbons (Fsp3) is 0.471. The number of carbonyl (C=O) groups is 1. The van der Waals surface area contributed by atoms with Crippen molar-refractivity contribution in [1.29, 1.82) is 0 Å². The van der Waals surface area contributed by atoms with Gasteiger partial charge in [-0.05, 0) is 30.9 Å². The predicted octanol–water partition coefficient (Wildman–Crippen LogP) is 2.39. The van der Waals surface area contributed by atoms with Gasteiger partial charge in [-0.15, -0.1) is 0 Å². The Morgan fingerprint density at radius 3 is 2.82 bits per heavy atom. The SMILES string of the molecule is CCc1nccn1CC1CCN(C(=O)c2cccnc2)CC1. The van der Waals surface area contributed by atoms with E-state index in [4.69, 9.17) is 0 Å². The van der Waals surface area contributed by atoms with Gasteiger partial charge in [-0.1, -0.05) is 6.92 Å². The molecule has 0 N–H and O–H groups in total. The van der Waals surface area contributed by atoms with Crippen LogP contribution in [-0.2, 0) is 13.0 Å². The summed E-state index contributed by atoms with van der Waals surface area (Å²) >= 11 is 0. The Balaban J connectivity index is 1.55. The number of piperidine rings is 1. The first-order chi connectivity index (χ1) is 10.8. The van der Waals surface area contributed by atoms with E-state index in [1.807, 2.05) is 23.2 Å². The van der Waals surface area contributed by atoms with Crippen LogP contribution in [0.1, 0.15) is 35.9 Å². The molecule has 1 aliphatic heterocycles. The first-order valence-electron chi connectivity index (χ1n) is 7.97. The number of imidazole rings is 1. The molecule has 3 heterocycles. The molecule has 0 radical (unpaired) electrons. The molecule has 3 rings (SSSR count). The van der Waals surface area contributed by atoms with Crippen LogP contribution in [0.25, 0.3) is 0 Å². The molecule has 0 unspecified atom stereocenters. The summed E-state index contributed by atoms with van der Waals surface area (Å²) in [5, 5.41) is 0. The Morgan fingerprint density at radius 2 is 2.14 bits per heavy atom. The zero-order chi connectivity index (χ0) is 15.4. The van der Waals surface area contributed by atoms with Crippen LogP contribution in [0, 0.1) is 5.92 Å². The van der Waals surface area contributed by atoms with Crippen LogP contribution in [0.2, 0.25) is 0 Å². The van der Waals surface area contributed by atoms with E-state index >= 15 is 0 Å². The first kappa shape index (κ1) is 14.8. The smallest absolute Gasteiger partial charge is 0.255 e. The van der Waals surface area contributed by atoms with Gasteiger partial charge in [-0.3, -0.25) is 9.78 Å². The van der Waals surface area contributed by atoms with Gasteiger partial charge in [0.15, 0.2) is 0 Å². The fourth-order valence-electron chi connectivity index (χ4n) is 3.09. The van der Waals surface area contributed by atoms with Crippen molar-refractivity contribution in [1.82, 2.24) is 19.4 Å². The molecule has 5 heteroatoms. The van der Waals surface area contributed by atoms with E-state index in [2.05, 4.69) is 27.7 Å². The van der Waals surface area contributed by atoms with E-state index in [-0.39, 0.29) is 5.91 Å². The second kappa shape index (κ2) is 6.73. The number of rotatable bonds is 4. The summed E-state index contributed by atoms with van der Waals surface area (Å²) in [5.74, 6) is 1.87. The van der Waals surface area contributed by atoms with Gasteiger partial charge in [0.25, 0.3) is 5.91 Å². The highest BCUT2D eigenvalue weighted by atomic mass is 16.2. The number of hydrogen-bond donors (Lipinski definition) is 0. The molecule has 0 saturated carbocycles. The Bertz CT molecular complexity index is 615. The third-order valence-corrected chi connectivity index (χ3v) is 4.38. The number of amides is 1. The number of hydrogen-bond acceptors (Lipinski definition) is 3. The number of aromatic nitrogens is 3. The molecule has 0 spiro atoms. The molecule has 1 fully saturated rings. The van der Waals surface area contributed by atoms with Crippen LogP contribution < -0.4 is 0 Å². The van der Waals surface area contributed by atoms with E-state index in [1.54, 1.807) is 12.4 Å². The van der Waals surface area contributed by atoms with Crippen molar-refractivity contribution in [2.45, 2.75) is 32.7 Å². The van der Waals surface area contributed by atoms with E-state index in [0.29, 0.717) is 11.5 Å². The topological polar surface area (TPSA) is 51.0 Å². The molecule has 0 aromatic carbocycles. The zero-order valence-corrected chi connectivity index (χ0v) is 13.0. The van der Waals surface area contributed by atoms with Crippen LogP contribution in [0.5, 0.6) is 0 Å². The zero-order valence-electron chi connectivity index (χ0n) is 13.0. The minimum atomic E-state index is 0.100. The average molecular weight is 298 g/mol. The lowest BCUT2D eigenvalue weighted by atomic mass is 9.96. The van der Waals surface area contributed by atoms with E-state index < -0.39 is 0 Å². The van der Waals surface area contributed by atoms with Gasteiger partial charge in [0.1, 0.15) is 5.82 Å². The second-order valence-electron chi connectivity index (χ2n) is 5.83. The van der Waals surface area contributed by atoms with E-state index in [0.717, 1.165) is 44.7 Å². The molecule has 2 aromatic heterocycles. The van der Waals surface area contributed by atoms with Crippen molar-refractivity contribution in [3.8, 4) is 0 Å². The Morgan fingerprint density at radius 1 is 1.32 bits per heavy atom. The van der Waals surface area contributed by atoms with Gasteiger partial charge in [-0.2, -0.15) is 0 Å². The average Bonchev–Trinajstić information content (AvgIpc) is 3.03. The van der Waals surface area contributed by atoms with Crippen LogP contribution in [0.15, 0.2) is 36.9 Å². The number of carbonyl (C=O) groups excluding carboxylic acids is 1. The van der Waals surface area contributed by atoms with E-state index in [9.17, 15) is 4.79 Å². The van der Waals surface area contributed by atoms with Crippen LogP contribution in [-0.4, -0.2) is 38.4 Å². The maximum atomic E-state index is 12.4. The molecular formula is C17H22N4O. The predicted molar refractivity (Wildman–Crippen MR) is 84.5 cm³/mol. The normalized spacial score (nSPS) is 16.0. The monoisotopic (exact) mass is 298 g/mol. The van der Waals surface area contributed by atoms with Crippen molar-refractivity contribution in [2.24, 2.45) is 5.92 Å². The summed E-state index contributed by atoms with van der Waals surface area (Å²) in [6, 6.07) is 3.64. The number of likely N-dealkylation sites (tertiary alicyclic amines) is 1. The summed E-state index contributed by atoms with van der Waals surface area (Å²) in [4.78, 5) is 22.7. The summed E-state index contributed by atoms with van der Waals surface area (Å²) in [7, 11) is 0. The lowest BCUT2D eigenvalue weighted by Crippen LogP contribution is -2.39. The van der Waals surface area contributed by atoms with Crippen molar-refractivity contribution in [3.63, 3.8) is 0 Å². The second-order valence-corrected chi connectivity index (χ2v) is 5.83. The lowest BCUT2D eigenvalue weighted by Gasteiger charge is -2.32. The number of nitrogens with zero attached hydrogens (tertiary/aromatic N) is 4. The third-order valence-electron chi connectivity index (χ3n) is 4.38. The quantitative estimate of drug-likeness (QED) is 0.871. The van der Waals surface area contributed by atoms with Crippen molar-refractivity contribution in [3.05, 3.63) is 48.3 Å². The summed E-state index contributed by atoms with van der Waals surface area (Å²) < 4.78 is 2.25. The van der Waals surface area contributed by atoms with Crippen molar-refractivity contribution < 1.29 is 4.79 Å². The van der Waals surface area contributed by atoms with Crippen LogP contribution >= 0.6 is 0 Å². The van der Waals surface area contributed by atoms with Crippen molar-refractivity contribution in [2.75, 3.05) is 13.1 Å². The van der Waals surface area contributed by atoms with Gasteiger partial charge in [-0.25, -0.2) is 4.98 Å². The molecule has 2 aromatic rings. The molecular weight excluding hydrogens is 276 g/mol. The highest BCUT2D eigenvalue weighted by Crippen LogP contribution is 2.21. The Kier molecular flexibility index (Phi) is 4.51. The summed E-state index contributed by atoms with van der Waals surface area (Å²) in [6.45, 7) is 4.80. The van der Waals surface area contributed by atoms with Gasteiger partial charge >= 0.3 is 0 Å². The molecule has 1 saturated heterocycles. The van der Waals surface area contributed by atoms with Gasteiger partial charge in [0.2, 0.25) is 0 Å². The number of aryl methyl sites for hydroxylation is 1. The molecule has 0 bridgehead atoms. The maximum Gasteiger partial charge on any atom is 0.255 e. The molecule has 1 amide bonds. The number of pyridine rings is 1. The standard InChI is InChI=1S/C17H22N4O/c1-2-16-19-8-11-21(16)13-14-5-9-20(10-6-14)17(22)15-4-3-7-18-12-15/h3-4,7-8,11-12,14H,2,5-6,9-10,13H2,1H3. The maximum absolute atomic E-state index is 12.4. The summed E-state index contributed by atoms with van der Waals surface area (Å²) in [5.41, 5.74) is 0.684. The highest BCUT2D eigenvalue weighted by molar-refractivity contribution is 5.93. The van der Waals surface area contributed by atoms with Gasteiger partial charge < -0.3 is 9.47 Å². The first-order valence-corrected chi connectivity index (χ1v) is 7.97. The highest BCUT2D eigenvalue weighted by Gasteiger charge is 2.24. The molecule has 5 nitrogen and oxygen atoms in total. The minimum absolute atomic E-state index is 0.100. The van der Waals surface area contributed by atoms with Crippen LogP contribution in [0.3, 0.4) is 0 Å². The third kappa shape index (κ3) is 3.18. The Hall–Kier alpha value is -2.17. The fourth-order valence-corrected chi connectivity index (χ4v) is 3.09. The molecule has 22 heavy (non-hydrogen) atoms. The Labute approximate surface area is 131 Å². The van der Waals surface area contributed by atoms with Gasteiger partial charge in [0.05, 0.1) is 5.56 Å². The largest absolute Gasteiger partial charge is 0.339 e. The molecule has 116 valence electrons. The summed E-state index contributed by atoms with van der Waals surface area (Å²) in [6.07, 6.45) is 10.3. The van der Waals surface area contributed by atoms with Gasteiger partial charge in [0, 0.05) is 50.8 Å². The van der Waals surface area contributed by atoms with E-state index in [1.165, 1.54) is 0 Å². The minimum Gasteiger partial charge on any atom is -0.339 e. The molecule has 1 aliphatic rings. The molecule has 0 aliphatic carbocycles. The molecule has 0 atom stereocenters. The van der Waals surface area contributed by atoms with Crippen LogP contribution in [0.4, 0.5) is 0 Å².